The molecular weight excluding hydrogens is 324 g/mol. The Bertz CT molecular complexity index is 657. The fraction of sp³-hybridized carbons (Fsp3) is 0.583. The van der Waals surface area contributed by atoms with Crippen molar-refractivity contribution in [2.75, 3.05) is 13.1 Å². The fourth-order valence-corrected chi connectivity index (χ4v) is 4.02. The molecule has 10 heteroatoms. The smallest absolute Gasteiger partial charge is 0.371 e. The second-order valence-electron chi connectivity index (χ2n) is 4.86. The molecule has 0 aliphatic carbocycles. The van der Waals surface area contributed by atoms with Crippen LogP contribution in [-0.4, -0.2) is 49.6 Å². The lowest BCUT2D eigenvalue weighted by Crippen LogP contribution is -2.43. The summed E-state index contributed by atoms with van der Waals surface area (Å²) < 4.78 is 59.8. The van der Waals surface area contributed by atoms with Crippen LogP contribution in [0.5, 0.6) is 0 Å². The van der Waals surface area contributed by atoms with Gasteiger partial charge in [-0.3, -0.25) is 0 Å². The number of carboxylic acid groups (broad SMARTS) is 1. The molecule has 0 saturated carbocycles. The first-order valence-electron chi connectivity index (χ1n) is 6.49. The average Bonchev–Trinajstić information content (AvgIpc) is 2.81. The molecule has 22 heavy (non-hydrogen) atoms. The molecule has 0 amide bonds. The van der Waals surface area contributed by atoms with Gasteiger partial charge < -0.3 is 14.3 Å². The van der Waals surface area contributed by atoms with Crippen molar-refractivity contribution in [3.63, 3.8) is 0 Å². The molecule has 1 fully saturated rings. The molecule has 1 unspecified atom stereocenters. The van der Waals surface area contributed by atoms with Crippen LogP contribution in [0, 0.1) is 6.92 Å². The van der Waals surface area contributed by atoms with Crippen LogP contribution in [0.1, 0.15) is 29.2 Å². The van der Waals surface area contributed by atoms with Gasteiger partial charge in [-0.15, -0.1) is 0 Å². The van der Waals surface area contributed by atoms with Gasteiger partial charge in [0.05, 0.1) is 6.10 Å². The highest BCUT2D eigenvalue weighted by atomic mass is 32.2. The number of aryl methyl sites for hydroxylation is 1. The number of piperidine rings is 1. The number of halogens is 2. The number of ether oxygens (including phenoxy) is 1. The number of alkyl halides is 2. The Labute approximate surface area is 125 Å². The molecule has 7 nitrogen and oxygen atoms in total. The summed E-state index contributed by atoms with van der Waals surface area (Å²) in [4.78, 5) is 10.6. The van der Waals surface area contributed by atoms with E-state index in [2.05, 4.69) is 4.74 Å². The normalized spacial score (nSPS) is 20.5. The van der Waals surface area contributed by atoms with Crippen molar-refractivity contribution in [1.82, 2.24) is 4.31 Å². The number of furan rings is 1. The average molecular weight is 339 g/mol. The first kappa shape index (κ1) is 16.8. The third-order valence-electron chi connectivity index (χ3n) is 3.34. The van der Waals surface area contributed by atoms with Gasteiger partial charge in [-0.2, -0.15) is 13.1 Å². The Balaban J connectivity index is 2.24. The fourth-order valence-electron chi connectivity index (χ4n) is 2.35. The highest BCUT2D eigenvalue weighted by Crippen LogP contribution is 2.27. The van der Waals surface area contributed by atoms with Crippen molar-refractivity contribution in [3.8, 4) is 0 Å². The van der Waals surface area contributed by atoms with Crippen LogP contribution in [-0.2, 0) is 14.8 Å². The van der Waals surface area contributed by atoms with E-state index in [1.54, 1.807) is 0 Å². The topological polar surface area (TPSA) is 97.0 Å². The first-order valence-corrected chi connectivity index (χ1v) is 7.93. The third kappa shape index (κ3) is 3.45. The van der Waals surface area contributed by atoms with Crippen LogP contribution in [0.4, 0.5) is 8.78 Å². The summed E-state index contributed by atoms with van der Waals surface area (Å²) in [5.74, 6) is -1.94. The Morgan fingerprint density at radius 3 is 2.77 bits per heavy atom. The van der Waals surface area contributed by atoms with Gasteiger partial charge in [-0.25, -0.2) is 13.2 Å². The van der Waals surface area contributed by atoms with E-state index in [1.807, 2.05) is 0 Å². The van der Waals surface area contributed by atoms with Crippen molar-refractivity contribution >= 4 is 16.0 Å². The van der Waals surface area contributed by atoms with Gasteiger partial charge in [0.25, 0.3) is 0 Å². The molecule has 1 aromatic rings. The summed E-state index contributed by atoms with van der Waals surface area (Å²) in [6, 6.07) is 0.921. The summed E-state index contributed by atoms with van der Waals surface area (Å²) in [7, 11) is -4.02. The van der Waals surface area contributed by atoms with Crippen LogP contribution < -0.4 is 0 Å². The number of hydrogen-bond donors (Lipinski definition) is 1. The molecular formula is C12H15F2NO6S. The van der Waals surface area contributed by atoms with E-state index < -0.39 is 34.5 Å². The number of nitrogens with zero attached hydrogens (tertiary/aromatic N) is 1. The molecule has 1 saturated heterocycles. The number of rotatable bonds is 5. The van der Waals surface area contributed by atoms with E-state index in [4.69, 9.17) is 9.52 Å². The van der Waals surface area contributed by atoms with Crippen molar-refractivity contribution < 1.29 is 36.3 Å². The summed E-state index contributed by atoms with van der Waals surface area (Å²) in [6.45, 7) is -1.70. The van der Waals surface area contributed by atoms with E-state index >= 15 is 0 Å². The maximum Gasteiger partial charge on any atom is 0.371 e. The van der Waals surface area contributed by atoms with E-state index in [-0.39, 0.29) is 23.7 Å². The van der Waals surface area contributed by atoms with E-state index in [0.29, 0.717) is 12.8 Å². The van der Waals surface area contributed by atoms with Crippen LogP contribution in [0.2, 0.25) is 0 Å². The molecule has 1 aliphatic heterocycles. The minimum Gasteiger partial charge on any atom is -0.475 e. The molecule has 0 spiro atoms. The Morgan fingerprint density at radius 2 is 2.23 bits per heavy atom. The van der Waals surface area contributed by atoms with Gasteiger partial charge in [0.15, 0.2) is 0 Å². The molecule has 0 bridgehead atoms. The lowest BCUT2D eigenvalue weighted by molar-refractivity contribution is -0.170. The Hall–Kier alpha value is -1.52. The maximum atomic E-state index is 12.5. The predicted molar refractivity (Wildman–Crippen MR) is 69.3 cm³/mol. The predicted octanol–water partition coefficient (Wildman–Crippen LogP) is 1.68. The molecule has 2 rings (SSSR count). The highest BCUT2D eigenvalue weighted by molar-refractivity contribution is 7.89. The third-order valence-corrected chi connectivity index (χ3v) is 5.31. The lowest BCUT2D eigenvalue weighted by atomic mass is 10.1. The number of hydrogen-bond acceptors (Lipinski definition) is 5. The minimum absolute atomic E-state index is 0.0608. The molecule has 124 valence electrons. The van der Waals surface area contributed by atoms with Crippen LogP contribution in [0.15, 0.2) is 15.4 Å². The lowest BCUT2D eigenvalue weighted by Gasteiger charge is -2.31. The van der Waals surface area contributed by atoms with Gasteiger partial charge in [-0.05, 0) is 19.8 Å². The zero-order valence-electron chi connectivity index (χ0n) is 11.7. The highest BCUT2D eigenvalue weighted by Gasteiger charge is 2.34. The molecule has 0 radical (unpaired) electrons. The van der Waals surface area contributed by atoms with Crippen LogP contribution in [0.3, 0.4) is 0 Å². The monoisotopic (exact) mass is 339 g/mol. The van der Waals surface area contributed by atoms with E-state index in [9.17, 15) is 22.0 Å². The van der Waals surface area contributed by atoms with Crippen molar-refractivity contribution in [2.24, 2.45) is 0 Å². The second kappa shape index (κ2) is 6.31. The summed E-state index contributed by atoms with van der Waals surface area (Å²) >= 11 is 0. The van der Waals surface area contributed by atoms with Crippen LogP contribution >= 0.6 is 0 Å². The van der Waals surface area contributed by atoms with Crippen molar-refractivity contribution in [3.05, 3.63) is 17.6 Å². The SMILES string of the molecule is Cc1oc(C(=O)O)cc1S(=O)(=O)N1CCCC(OC(F)F)C1. The van der Waals surface area contributed by atoms with E-state index in [1.165, 1.54) is 6.92 Å². The van der Waals surface area contributed by atoms with Gasteiger partial charge >= 0.3 is 12.6 Å². The molecule has 1 aromatic heterocycles. The van der Waals surface area contributed by atoms with Gasteiger partial charge in [0.2, 0.25) is 15.8 Å². The Morgan fingerprint density at radius 1 is 1.55 bits per heavy atom. The maximum absolute atomic E-state index is 12.5. The minimum atomic E-state index is -4.02. The first-order chi connectivity index (χ1) is 10.2. The number of carbonyl (C=O) groups is 1. The van der Waals surface area contributed by atoms with Crippen molar-refractivity contribution in [2.45, 2.75) is 37.4 Å². The second-order valence-corrected chi connectivity index (χ2v) is 6.77. The molecule has 2 heterocycles. The molecule has 1 atom stereocenters. The quantitative estimate of drug-likeness (QED) is 0.876. The van der Waals surface area contributed by atoms with Crippen molar-refractivity contribution in [1.29, 1.82) is 0 Å². The largest absolute Gasteiger partial charge is 0.475 e. The van der Waals surface area contributed by atoms with Gasteiger partial charge in [0.1, 0.15) is 10.7 Å². The molecule has 1 aliphatic rings. The summed E-state index contributed by atoms with van der Waals surface area (Å²) in [5, 5.41) is 8.83. The van der Waals surface area contributed by atoms with Crippen LogP contribution in [0.25, 0.3) is 0 Å². The number of aromatic carboxylic acids is 1. The summed E-state index contributed by atoms with van der Waals surface area (Å²) in [6.07, 6.45) is -0.185. The standard InChI is InChI=1S/C12H15F2NO6S/c1-7-10(5-9(20-7)11(16)17)22(18,19)15-4-2-3-8(6-15)21-12(13)14/h5,8,12H,2-4,6H2,1H3,(H,16,17). The van der Waals surface area contributed by atoms with Gasteiger partial charge in [-0.1, -0.05) is 0 Å². The summed E-state index contributed by atoms with van der Waals surface area (Å²) in [5.41, 5.74) is 0. The molecule has 0 aromatic carbocycles. The number of carboxylic acids is 1. The number of sulfonamides is 1. The Kier molecular flexibility index (Phi) is 4.83. The zero-order chi connectivity index (χ0) is 16.5. The zero-order valence-corrected chi connectivity index (χ0v) is 12.5. The van der Waals surface area contributed by atoms with E-state index in [0.717, 1.165) is 10.4 Å². The molecule has 1 N–H and O–H groups in total. The van der Waals surface area contributed by atoms with Gasteiger partial charge in [0, 0.05) is 19.2 Å².